The van der Waals surface area contributed by atoms with Crippen LogP contribution in [0.15, 0.2) is 24.3 Å². The zero-order valence-corrected chi connectivity index (χ0v) is 13.6. The lowest BCUT2D eigenvalue weighted by Crippen LogP contribution is -2.32. The Labute approximate surface area is 127 Å². The van der Waals surface area contributed by atoms with Crippen molar-refractivity contribution >= 4 is 16.6 Å². The Balaban J connectivity index is 2.00. The van der Waals surface area contributed by atoms with E-state index >= 15 is 0 Å². The van der Waals surface area contributed by atoms with E-state index in [-0.39, 0.29) is 11.8 Å². The lowest BCUT2D eigenvalue weighted by molar-refractivity contribution is -0.119. The zero-order chi connectivity index (χ0) is 15.4. The molecule has 0 aliphatic heterocycles. The summed E-state index contributed by atoms with van der Waals surface area (Å²) in [6.07, 6.45) is 3.09. The maximum atomic E-state index is 11.4. The summed E-state index contributed by atoms with van der Waals surface area (Å²) in [5, 5.41) is 5.80. The van der Waals surface area contributed by atoms with Gasteiger partial charge < -0.3 is 9.88 Å². The van der Waals surface area contributed by atoms with Gasteiger partial charge in [0.2, 0.25) is 0 Å². The van der Waals surface area contributed by atoms with Crippen LogP contribution in [0.4, 0.5) is 0 Å². The number of rotatable bonds is 7. The van der Waals surface area contributed by atoms with Gasteiger partial charge in [-0.15, -0.1) is 0 Å². The first-order valence-electron chi connectivity index (χ1n) is 7.78. The van der Waals surface area contributed by atoms with Crippen LogP contribution >= 0.6 is 0 Å². The third-order valence-corrected chi connectivity index (χ3v) is 4.48. The van der Waals surface area contributed by atoms with E-state index in [1.54, 1.807) is 6.92 Å². The molecule has 1 heterocycles. The van der Waals surface area contributed by atoms with Crippen molar-refractivity contribution in [2.24, 2.45) is 0 Å². The molecule has 1 N–H and O–H groups in total. The van der Waals surface area contributed by atoms with Gasteiger partial charge in [0, 0.05) is 28.7 Å². The van der Waals surface area contributed by atoms with Crippen LogP contribution in [0.3, 0.4) is 0 Å². The fourth-order valence-electron chi connectivity index (χ4n) is 3.16. The number of fused-ring (bicyclic) bond motifs is 1. The van der Waals surface area contributed by atoms with Gasteiger partial charge in [-0.3, -0.25) is 4.79 Å². The summed E-state index contributed by atoms with van der Waals surface area (Å²) >= 11 is 0. The summed E-state index contributed by atoms with van der Waals surface area (Å²) in [6, 6.07) is 8.60. The number of benzene rings is 1. The van der Waals surface area contributed by atoms with Crippen LogP contribution in [-0.2, 0) is 11.3 Å². The molecule has 0 bridgehead atoms. The number of nitrogens with zero attached hydrogens (tertiary/aromatic N) is 1. The fraction of sp³-hybridized carbons (Fsp3) is 0.500. The molecule has 0 amide bonds. The standard InChI is InChI=1S/C18H26N2O/c1-13-16-9-5-6-10-17(16)14(2)20(13)12-8-7-11-18(19-4)15(3)21/h5-6,9-10,18-19H,7-8,11-12H2,1-4H3. The zero-order valence-electron chi connectivity index (χ0n) is 13.6. The summed E-state index contributed by atoms with van der Waals surface area (Å²) in [5.41, 5.74) is 2.69. The highest BCUT2D eigenvalue weighted by Gasteiger charge is 2.12. The normalized spacial score (nSPS) is 12.8. The van der Waals surface area contributed by atoms with Crippen molar-refractivity contribution in [3.05, 3.63) is 35.7 Å². The minimum Gasteiger partial charge on any atom is -0.348 e. The maximum Gasteiger partial charge on any atom is 0.146 e. The average Bonchev–Trinajstić information content (AvgIpc) is 2.72. The molecule has 0 aliphatic rings. The fourth-order valence-corrected chi connectivity index (χ4v) is 3.16. The molecule has 1 aromatic heterocycles. The van der Waals surface area contributed by atoms with Crippen LogP contribution in [-0.4, -0.2) is 23.4 Å². The van der Waals surface area contributed by atoms with Crippen molar-refractivity contribution in [3.8, 4) is 0 Å². The number of nitrogens with one attached hydrogen (secondary N) is 1. The Morgan fingerprint density at radius 1 is 1.14 bits per heavy atom. The van der Waals surface area contributed by atoms with E-state index in [0.29, 0.717) is 0 Å². The summed E-state index contributed by atoms with van der Waals surface area (Å²) < 4.78 is 2.41. The van der Waals surface area contributed by atoms with E-state index in [1.807, 2.05) is 7.05 Å². The second kappa shape index (κ2) is 6.90. The van der Waals surface area contributed by atoms with E-state index in [0.717, 1.165) is 25.8 Å². The van der Waals surface area contributed by atoms with Gasteiger partial charge in [-0.1, -0.05) is 24.3 Å². The number of ketones is 1. The lowest BCUT2D eigenvalue weighted by Gasteiger charge is -2.13. The van der Waals surface area contributed by atoms with Gasteiger partial charge in [0.25, 0.3) is 0 Å². The molecule has 0 saturated carbocycles. The predicted molar refractivity (Wildman–Crippen MR) is 88.8 cm³/mol. The molecule has 0 aliphatic carbocycles. The molecule has 2 aromatic rings. The van der Waals surface area contributed by atoms with Crippen molar-refractivity contribution in [1.82, 2.24) is 9.88 Å². The van der Waals surface area contributed by atoms with E-state index in [1.165, 1.54) is 22.2 Å². The molecular formula is C18H26N2O. The molecule has 0 radical (unpaired) electrons. The molecule has 21 heavy (non-hydrogen) atoms. The Morgan fingerprint density at radius 3 is 2.19 bits per heavy atom. The van der Waals surface area contributed by atoms with Gasteiger partial charge in [-0.05, 0) is 47.1 Å². The number of Topliss-reactive ketones (excluding diaryl/α,β-unsaturated/α-hetero) is 1. The van der Waals surface area contributed by atoms with Gasteiger partial charge in [-0.25, -0.2) is 0 Å². The van der Waals surface area contributed by atoms with Crippen LogP contribution in [0.2, 0.25) is 0 Å². The lowest BCUT2D eigenvalue weighted by atomic mass is 10.1. The van der Waals surface area contributed by atoms with Gasteiger partial charge in [0.1, 0.15) is 5.78 Å². The smallest absolute Gasteiger partial charge is 0.146 e. The highest BCUT2D eigenvalue weighted by Crippen LogP contribution is 2.25. The van der Waals surface area contributed by atoms with Crippen molar-refractivity contribution in [2.75, 3.05) is 7.05 Å². The first-order chi connectivity index (χ1) is 10.1. The Kier molecular flexibility index (Phi) is 5.18. The summed E-state index contributed by atoms with van der Waals surface area (Å²) in [6.45, 7) is 7.08. The molecule has 0 fully saturated rings. The average molecular weight is 286 g/mol. The molecule has 0 spiro atoms. The number of carbonyl (C=O) groups excluding carboxylic acids is 1. The number of likely N-dealkylation sites (N-methyl/N-ethyl adjacent to an activating group) is 1. The summed E-state index contributed by atoms with van der Waals surface area (Å²) in [4.78, 5) is 11.4. The van der Waals surface area contributed by atoms with Crippen molar-refractivity contribution in [3.63, 3.8) is 0 Å². The number of aromatic nitrogens is 1. The van der Waals surface area contributed by atoms with Gasteiger partial charge in [0.05, 0.1) is 6.04 Å². The number of unbranched alkanes of at least 4 members (excludes halogenated alkanes) is 1. The quantitative estimate of drug-likeness (QED) is 0.789. The third-order valence-electron chi connectivity index (χ3n) is 4.48. The van der Waals surface area contributed by atoms with Gasteiger partial charge in [0.15, 0.2) is 0 Å². The maximum absolute atomic E-state index is 11.4. The summed E-state index contributed by atoms with van der Waals surface area (Å²) in [7, 11) is 1.86. The van der Waals surface area contributed by atoms with Crippen LogP contribution in [0.1, 0.15) is 37.6 Å². The van der Waals surface area contributed by atoms with Gasteiger partial charge in [-0.2, -0.15) is 0 Å². The minimum atomic E-state index is 0.0101. The molecule has 1 aromatic carbocycles. The Morgan fingerprint density at radius 2 is 1.71 bits per heavy atom. The van der Waals surface area contributed by atoms with Crippen LogP contribution in [0, 0.1) is 13.8 Å². The molecule has 3 heteroatoms. The van der Waals surface area contributed by atoms with Crippen molar-refractivity contribution < 1.29 is 4.79 Å². The number of aryl methyl sites for hydroxylation is 2. The van der Waals surface area contributed by atoms with Crippen molar-refractivity contribution in [1.29, 1.82) is 0 Å². The number of hydrogen-bond donors (Lipinski definition) is 1. The molecule has 114 valence electrons. The largest absolute Gasteiger partial charge is 0.348 e. The highest BCUT2D eigenvalue weighted by atomic mass is 16.1. The highest BCUT2D eigenvalue weighted by molar-refractivity contribution is 5.88. The number of carbonyl (C=O) groups is 1. The van der Waals surface area contributed by atoms with E-state index < -0.39 is 0 Å². The molecular weight excluding hydrogens is 260 g/mol. The molecule has 3 nitrogen and oxygen atoms in total. The molecule has 1 atom stereocenters. The van der Waals surface area contributed by atoms with Gasteiger partial charge >= 0.3 is 0 Å². The minimum absolute atomic E-state index is 0.0101. The predicted octanol–water partition coefficient (Wildman–Crippen LogP) is 3.61. The Hall–Kier alpha value is -1.61. The first kappa shape index (κ1) is 15.8. The summed E-state index contributed by atoms with van der Waals surface area (Å²) in [5.74, 6) is 0.233. The second-order valence-electron chi connectivity index (χ2n) is 5.82. The SMILES string of the molecule is CNC(CCCCn1c(C)c2ccccc2c1C)C(C)=O. The topological polar surface area (TPSA) is 34.0 Å². The van der Waals surface area contributed by atoms with Crippen LogP contribution in [0.5, 0.6) is 0 Å². The Bertz CT molecular complexity index is 588. The van der Waals surface area contributed by atoms with Crippen LogP contribution in [0.25, 0.3) is 10.8 Å². The van der Waals surface area contributed by atoms with E-state index in [4.69, 9.17) is 0 Å². The molecule has 1 unspecified atom stereocenters. The molecule has 2 rings (SSSR count). The van der Waals surface area contributed by atoms with E-state index in [2.05, 4.69) is 48.0 Å². The first-order valence-corrected chi connectivity index (χ1v) is 7.78. The van der Waals surface area contributed by atoms with Crippen LogP contribution < -0.4 is 5.32 Å². The van der Waals surface area contributed by atoms with E-state index in [9.17, 15) is 4.79 Å². The number of hydrogen-bond acceptors (Lipinski definition) is 2. The molecule has 0 saturated heterocycles. The third kappa shape index (κ3) is 3.35. The monoisotopic (exact) mass is 286 g/mol. The van der Waals surface area contributed by atoms with Crippen molar-refractivity contribution in [2.45, 2.75) is 52.6 Å². The second-order valence-corrected chi connectivity index (χ2v) is 5.82.